The maximum Gasteiger partial charge on any atom is 0.276 e. The van der Waals surface area contributed by atoms with Gasteiger partial charge >= 0.3 is 0 Å². The molecular formula is C36H40F4N16O4. The lowest BCUT2D eigenvalue weighted by atomic mass is 9.86. The van der Waals surface area contributed by atoms with E-state index >= 15 is 0 Å². The normalized spacial score (nSPS) is 19.9. The molecule has 8 heterocycles. The minimum absolute atomic E-state index is 0.105. The largest absolute Gasteiger partial charge is 0.335 e. The average molecular weight is 837 g/mol. The molecule has 2 saturated carbocycles. The lowest BCUT2D eigenvalue weighted by Gasteiger charge is -2.46. The van der Waals surface area contributed by atoms with E-state index in [0.29, 0.717) is 74.8 Å². The van der Waals surface area contributed by atoms with Gasteiger partial charge in [-0.25, -0.2) is 26.6 Å². The number of nitrogens with zero attached hydrogens (tertiary/aromatic N) is 14. The number of fused-ring (bicyclic) bond motifs is 2. The van der Waals surface area contributed by atoms with Crippen molar-refractivity contribution < 1.29 is 27.2 Å². The number of carbonyl (C=O) groups is 2. The van der Waals surface area contributed by atoms with Gasteiger partial charge in [0.15, 0.2) is 11.4 Å². The van der Waals surface area contributed by atoms with Gasteiger partial charge in [0.1, 0.15) is 11.0 Å². The molecule has 60 heavy (non-hydrogen) atoms. The number of H-pyrrole nitrogens is 2. The zero-order chi connectivity index (χ0) is 42.1. The van der Waals surface area contributed by atoms with Gasteiger partial charge < -0.3 is 9.80 Å². The van der Waals surface area contributed by atoms with Crippen LogP contribution in [0.3, 0.4) is 0 Å². The van der Waals surface area contributed by atoms with Crippen LogP contribution in [0.1, 0.15) is 58.0 Å². The van der Waals surface area contributed by atoms with Crippen molar-refractivity contribution in [2.45, 2.75) is 63.5 Å². The standard InChI is InChI=1S/2C18H20F2N8O2/c2*1-11-14(16(30)26-7-5-25(6-8-26)12-9-18(19,20)10-12)22-24-28(11)17-21-15(29)13-3-2-4-27(13)23-17/h2*2-4,12H,5-10H2,1H3,(H,21,23,29). The predicted molar refractivity (Wildman–Crippen MR) is 202 cm³/mol. The van der Waals surface area contributed by atoms with E-state index in [1.165, 1.54) is 18.4 Å². The summed E-state index contributed by atoms with van der Waals surface area (Å²) in [6.45, 7) is 7.35. The summed E-state index contributed by atoms with van der Waals surface area (Å²) >= 11 is 0. The van der Waals surface area contributed by atoms with E-state index in [2.05, 4.69) is 40.8 Å². The molecule has 316 valence electrons. The van der Waals surface area contributed by atoms with E-state index in [0.717, 1.165) is 0 Å². The summed E-state index contributed by atoms with van der Waals surface area (Å²) in [4.78, 5) is 62.9. The zero-order valence-electron chi connectivity index (χ0n) is 32.5. The van der Waals surface area contributed by atoms with Crippen molar-refractivity contribution in [1.82, 2.24) is 78.8 Å². The second-order valence-corrected chi connectivity index (χ2v) is 15.6. The van der Waals surface area contributed by atoms with Crippen molar-refractivity contribution in [3.05, 3.63) is 80.1 Å². The number of halogens is 4. The number of hydrogen-bond acceptors (Lipinski definition) is 12. The maximum atomic E-state index is 13.1. The van der Waals surface area contributed by atoms with E-state index < -0.39 is 11.8 Å². The number of aromatic nitrogens is 12. The molecule has 0 atom stereocenters. The highest BCUT2D eigenvalue weighted by atomic mass is 19.3. The molecule has 24 heteroatoms. The number of carbonyl (C=O) groups excluding carboxylic acids is 2. The molecule has 0 bridgehead atoms. The van der Waals surface area contributed by atoms with Gasteiger partial charge in [-0.2, -0.15) is 9.36 Å². The Morgan fingerprint density at radius 1 is 0.617 bits per heavy atom. The van der Waals surface area contributed by atoms with Crippen LogP contribution in [0.5, 0.6) is 0 Å². The highest BCUT2D eigenvalue weighted by Gasteiger charge is 2.49. The van der Waals surface area contributed by atoms with Gasteiger partial charge in [-0.05, 0) is 38.1 Å². The van der Waals surface area contributed by atoms with Crippen LogP contribution < -0.4 is 11.1 Å². The summed E-state index contributed by atoms with van der Waals surface area (Å²) in [6.07, 6.45) is 2.86. The number of rotatable bonds is 6. The summed E-state index contributed by atoms with van der Waals surface area (Å²) in [5.74, 6) is -5.34. The Labute approximate surface area is 336 Å². The predicted octanol–water partition coefficient (Wildman–Crippen LogP) is 0.934. The van der Waals surface area contributed by atoms with Crippen LogP contribution in [-0.4, -0.2) is 167 Å². The second kappa shape index (κ2) is 14.8. The molecule has 20 nitrogen and oxygen atoms in total. The Morgan fingerprint density at radius 2 is 0.983 bits per heavy atom. The molecular weight excluding hydrogens is 796 g/mol. The number of alkyl halides is 4. The lowest BCUT2D eigenvalue weighted by molar-refractivity contribution is -0.129. The van der Waals surface area contributed by atoms with Crippen molar-refractivity contribution in [3.8, 4) is 11.9 Å². The molecule has 0 spiro atoms. The first-order valence-corrected chi connectivity index (χ1v) is 19.5. The van der Waals surface area contributed by atoms with E-state index in [1.54, 1.807) is 60.3 Å². The fourth-order valence-corrected chi connectivity index (χ4v) is 8.17. The Hall–Kier alpha value is -6.30. The SMILES string of the molecule is Cc1c(C(=O)N2CCN(C3CC(F)(F)C3)CC2)nnn1-c1nn2cccc2c(=O)[nH]1.Cc1c(C(=O)N2CCN(C3CC(F)(F)C3)CC2)nnn1-c1nn2cccc2c(=O)[nH]1. The van der Waals surface area contributed by atoms with Crippen LogP contribution in [0.25, 0.3) is 22.9 Å². The summed E-state index contributed by atoms with van der Waals surface area (Å²) in [6, 6.07) is 6.48. The molecule has 0 radical (unpaired) electrons. The summed E-state index contributed by atoms with van der Waals surface area (Å²) in [5, 5.41) is 24.6. The highest BCUT2D eigenvalue weighted by molar-refractivity contribution is 5.94. The minimum atomic E-state index is -2.55. The minimum Gasteiger partial charge on any atom is -0.335 e. The van der Waals surface area contributed by atoms with Crippen molar-refractivity contribution in [3.63, 3.8) is 0 Å². The van der Waals surface area contributed by atoms with Crippen LogP contribution in [0.4, 0.5) is 17.6 Å². The number of amides is 2. The van der Waals surface area contributed by atoms with E-state index in [-0.39, 0.29) is 84.0 Å². The van der Waals surface area contributed by atoms with Gasteiger partial charge in [-0.1, -0.05) is 10.4 Å². The highest BCUT2D eigenvalue weighted by Crippen LogP contribution is 2.41. The van der Waals surface area contributed by atoms with E-state index in [1.807, 2.05) is 9.80 Å². The molecule has 0 unspecified atom stereocenters. The molecule has 2 amide bonds. The van der Waals surface area contributed by atoms with Crippen LogP contribution >= 0.6 is 0 Å². The fourth-order valence-electron chi connectivity index (χ4n) is 8.17. The third-order valence-corrected chi connectivity index (χ3v) is 11.7. The first-order valence-electron chi connectivity index (χ1n) is 19.5. The second-order valence-electron chi connectivity index (χ2n) is 15.6. The lowest BCUT2D eigenvalue weighted by Crippen LogP contribution is -2.57. The Balaban J connectivity index is 0.000000154. The van der Waals surface area contributed by atoms with Gasteiger partial charge in [0.2, 0.25) is 0 Å². The van der Waals surface area contributed by atoms with Gasteiger partial charge in [-0.15, -0.1) is 20.4 Å². The van der Waals surface area contributed by atoms with Crippen LogP contribution in [0.2, 0.25) is 0 Å². The van der Waals surface area contributed by atoms with Crippen molar-refractivity contribution in [2.75, 3.05) is 52.4 Å². The molecule has 2 aliphatic heterocycles. The Morgan fingerprint density at radius 3 is 1.33 bits per heavy atom. The van der Waals surface area contributed by atoms with E-state index in [4.69, 9.17) is 0 Å². The van der Waals surface area contributed by atoms with Crippen molar-refractivity contribution in [2.24, 2.45) is 0 Å². The van der Waals surface area contributed by atoms with Crippen molar-refractivity contribution in [1.29, 1.82) is 0 Å². The molecule has 2 N–H and O–H groups in total. The van der Waals surface area contributed by atoms with Gasteiger partial charge in [0.05, 0.1) is 11.4 Å². The third-order valence-electron chi connectivity index (χ3n) is 11.7. The Bertz CT molecular complexity index is 2520. The molecule has 6 aromatic heterocycles. The van der Waals surface area contributed by atoms with Crippen LogP contribution in [-0.2, 0) is 0 Å². The maximum absolute atomic E-state index is 13.1. The van der Waals surface area contributed by atoms with Crippen molar-refractivity contribution >= 4 is 22.8 Å². The topological polar surface area (TPSA) is 209 Å². The number of piperazine rings is 2. The smallest absolute Gasteiger partial charge is 0.276 e. The summed E-state index contributed by atoms with van der Waals surface area (Å²) in [7, 11) is 0. The molecule has 4 fully saturated rings. The number of hydrogen-bond donors (Lipinski definition) is 2. The van der Waals surface area contributed by atoms with Gasteiger partial charge in [0, 0.05) is 103 Å². The van der Waals surface area contributed by atoms with Gasteiger partial charge in [-0.3, -0.25) is 38.9 Å². The van der Waals surface area contributed by atoms with Crippen LogP contribution in [0.15, 0.2) is 46.2 Å². The number of nitrogens with one attached hydrogen (secondary N) is 2. The first kappa shape index (κ1) is 39.2. The monoisotopic (exact) mass is 836 g/mol. The molecule has 6 aromatic rings. The summed E-state index contributed by atoms with van der Waals surface area (Å²) < 4.78 is 57.9. The molecule has 0 aromatic carbocycles. The Kier molecular flexibility index (Phi) is 9.64. The van der Waals surface area contributed by atoms with Crippen LogP contribution in [0, 0.1) is 13.8 Å². The summed E-state index contributed by atoms with van der Waals surface area (Å²) in [5.41, 5.74) is 1.40. The molecule has 2 saturated heterocycles. The molecule has 10 rings (SSSR count). The fraction of sp³-hybridized carbons (Fsp3) is 0.500. The quantitative estimate of drug-likeness (QED) is 0.225. The van der Waals surface area contributed by atoms with E-state index in [9.17, 15) is 36.7 Å². The average Bonchev–Trinajstić information content (AvgIpc) is 4.03. The first-order chi connectivity index (χ1) is 28.6. The van der Waals surface area contributed by atoms with Gasteiger partial charge in [0.25, 0.3) is 46.7 Å². The zero-order valence-corrected chi connectivity index (χ0v) is 32.5. The molecule has 4 aliphatic rings. The number of aromatic amines is 2. The third kappa shape index (κ3) is 7.22. The molecule has 2 aliphatic carbocycles.